The van der Waals surface area contributed by atoms with Gasteiger partial charge in [-0.25, -0.2) is 0 Å². The summed E-state index contributed by atoms with van der Waals surface area (Å²) in [6, 6.07) is 5.07. The van der Waals surface area contributed by atoms with E-state index < -0.39 is 0 Å². The van der Waals surface area contributed by atoms with E-state index in [1.54, 1.807) is 24.3 Å². The van der Waals surface area contributed by atoms with E-state index in [2.05, 4.69) is 6.58 Å². The second-order valence-corrected chi connectivity index (χ2v) is 4.03. The second-order valence-electron chi connectivity index (χ2n) is 4.03. The van der Waals surface area contributed by atoms with Gasteiger partial charge < -0.3 is 9.84 Å². The van der Waals surface area contributed by atoms with Crippen molar-refractivity contribution in [1.29, 1.82) is 0 Å². The zero-order valence-corrected chi connectivity index (χ0v) is 9.69. The number of phenols is 1. The number of aromatic hydroxyl groups is 1. The van der Waals surface area contributed by atoms with E-state index in [4.69, 9.17) is 4.74 Å². The molecule has 3 heteroatoms. The summed E-state index contributed by atoms with van der Waals surface area (Å²) >= 11 is 0. The minimum absolute atomic E-state index is 0.0281. The molecule has 0 heterocycles. The van der Waals surface area contributed by atoms with Crippen LogP contribution < -0.4 is 4.74 Å². The number of rotatable bonds is 2. The molecule has 0 aromatic heterocycles. The summed E-state index contributed by atoms with van der Waals surface area (Å²) in [6.45, 7) is 3.71. The average Bonchev–Trinajstić information content (AvgIpc) is 2.61. The van der Waals surface area contributed by atoms with Crippen molar-refractivity contribution in [2.75, 3.05) is 7.11 Å². The number of hydrogen-bond donors (Lipinski definition) is 1. The van der Waals surface area contributed by atoms with Gasteiger partial charge in [-0.3, -0.25) is 4.79 Å². The van der Waals surface area contributed by atoms with Crippen LogP contribution in [-0.2, 0) is 4.79 Å². The zero-order valence-electron chi connectivity index (χ0n) is 9.69. The monoisotopic (exact) mass is 230 g/mol. The Morgan fingerprint density at radius 1 is 1.41 bits per heavy atom. The standard InChI is InChI=1S/C14H14O3/c1-9-3-5-11(14(9)16)7-10-4-6-13(17-2)12(15)8-10/h4,6-8,15H,1,3,5H2,2H3. The summed E-state index contributed by atoms with van der Waals surface area (Å²) in [5.74, 6) is 0.528. The van der Waals surface area contributed by atoms with Crippen LogP contribution in [0.25, 0.3) is 6.08 Å². The fourth-order valence-electron chi connectivity index (χ4n) is 1.88. The van der Waals surface area contributed by atoms with E-state index in [-0.39, 0.29) is 11.5 Å². The largest absolute Gasteiger partial charge is 0.504 e. The summed E-state index contributed by atoms with van der Waals surface area (Å²) < 4.78 is 4.96. The summed E-state index contributed by atoms with van der Waals surface area (Å²) in [6.07, 6.45) is 3.25. The van der Waals surface area contributed by atoms with E-state index >= 15 is 0 Å². The predicted molar refractivity (Wildman–Crippen MR) is 66.0 cm³/mol. The van der Waals surface area contributed by atoms with Gasteiger partial charge in [0.05, 0.1) is 7.11 Å². The van der Waals surface area contributed by atoms with Crippen LogP contribution in [0.2, 0.25) is 0 Å². The molecule has 0 spiro atoms. The molecule has 0 radical (unpaired) electrons. The minimum atomic E-state index is 0.0281. The predicted octanol–water partition coefficient (Wildman–Crippen LogP) is 2.70. The van der Waals surface area contributed by atoms with Gasteiger partial charge in [0.25, 0.3) is 0 Å². The third-order valence-electron chi connectivity index (χ3n) is 2.85. The molecule has 1 saturated carbocycles. The third-order valence-corrected chi connectivity index (χ3v) is 2.85. The van der Waals surface area contributed by atoms with Crippen LogP contribution in [0.1, 0.15) is 18.4 Å². The number of allylic oxidation sites excluding steroid dienone is 2. The Bertz CT molecular complexity index is 512. The number of Topliss-reactive ketones (excluding diaryl/α,β-unsaturated/α-hetero) is 1. The molecule has 0 saturated heterocycles. The van der Waals surface area contributed by atoms with Crippen LogP contribution in [0.5, 0.6) is 11.5 Å². The summed E-state index contributed by atoms with van der Waals surface area (Å²) in [4.78, 5) is 11.7. The first-order valence-electron chi connectivity index (χ1n) is 5.42. The van der Waals surface area contributed by atoms with Crippen molar-refractivity contribution in [2.24, 2.45) is 0 Å². The van der Waals surface area contributed by atoms with Crippen molar-refractivity contribution in [1.82, 2.24) is 0 Å². The van der Waals surface area contributed by atoms with Gasteiger partial charge in [-0.2, -0.15) is 0 Å². The van der Waals surface area contributed by atoms with Crippen LogP contribution in [0.4, 0.5) is 0 Å². The molecular formula is C14H14O3. The second kappa shape index (κ2) is 4.45. The van der Waals surface area contributed by atoms with Gasteiger partial charge in [0.1, 0.15) is 0 Å². The molecule has 17 heavy (non-hydrogen) atoms. The van der Waals surface area contributed by atoms with Crippen molar-refractivity contribution in [3.63, 3.8) is 0 Å². The van der Waals surface area contributed by atoms with E-state index in [0.717, 1.165) is 24.0 Å². The number of benzene rings is 1. The molecule has 0 unspecified atom stereocenters. The first-order valence-corrected chi connectivity index (χ1v) is 5.42. The smallest absolute Gasteiger partial charge is 0.184 e. The molecule has 1 fully saturated rings. The highest BCUT2D eigenvalue weighted by atomic mass is 16.5. The highest BCUT2D eigenvalue weighted by Crippen LogP contribution is 2.30. The number of methoxy groups -OCH3 is 1. The van der Waals surface area contributed by atoms with E-state index in [0.29, 0.717) is 11.3 Å². The van der Waals surface area contributed by atoms with E-state index in [1.807, 2.05) is 0 Å². The van der Waals surface area contributed by atoms with Gasteiger partial charge in [-0.1, -0.05) is 12.6 Å². The van der Waals surface area contributed by atoms with Gasteiger partial charge in [-0.15, -0.1) is 0 Å². The Hall–Kier alpha value is -2.03. The highest BCUT2D eigenvalue weighted by Gasteiger charge is 2.20. The number of phenolic OH excluding ortho intramolecular Hbond substituents is 1. The van der Waals surface area contributed by atoms with E-state index in [1.165, 1.54) is 7.11 Å². The highest BCUT2D eigenvalue weighted by molar-refractivity contribution is 6.12. The molecule has 1 N–H and O–H groups in total. The number of hydrogen-bond acceptors (Lipinski definition) is 3. The Kier molecular flexibility index (Phi) is 3.00. The molecular weight excluding hydrogens is 216 g/mol. The number of carbonyl (C=O) groups excluding carboxylic acids is 1. The maximum atomic E-state index is 11.7. The lowest BCUT2D eigenvalue weighted by atomic mass is 10.1. The van der Waals surface area contributed by atoms with Crippen LogP contribution in [-0.4, -0.2) is 18.0 Å². The van der Waals surface area contributed by atoms with Gasteiger partial charge >= 0.3 is 0 Å². The van der Waals surface area contributed by atoms with Gasteiger partial charge in [-0.05, 0) is 42.2 Å². The molecule has 3 nitrogen and oxygen atoms in total. The zero-order chi connectivity index (χ0) is 12.4. The SMILES string of the molecule is C=C1CCC(=Cc2ccc(OC)c(O)c2)C1=O. The van der Waals surface area contributed by atoms with Crippen LogP contribution in [0, 0.1) is 0 Å². The maximum absolute atomic E-state index is 11.7. The van der Waals surface area contributed by atoms with Crippen molar-refractivity contribution in [3.05, 3.63) is 41.5 Å². The normalized spacial score (nSPS) is 17.8. The molecule has 1 aromatic rings. The van der Waals surface area contributed by atoms with Gasteiger partial charge in [0.2, 0.25) is 0 Å². The quantitative estimate of drug-likeness (QED) is 0.794. The minimum Gasteiger partial charge on any atom is -0.504 e. The van der Waals surface area contributed by atoms with Crippen molar-refractivity contribution >= 4 is 11.9 Å². The molecule has 0 amide bonds. The summed E-state index contributed by atoms with van der Waals surface area (Å²) in [5, 5.41) is 9.63. The molecule has 0 bridgehead atoms. The fourth-order valence-corrected chi connectivity index (χ4v) is 1.88. The lowest BCUT2D eigenvalue weighted by Gasteiger charge is -2.04. The van der Waals surface area contributed by atoms with Crippen molar-refractivity contribution < 1.29 is 14.6 Å². The van der Waals surface area contributed by atoms with Crippen LogP contribution in [0.15, 0.2) is 35.9 Å². The Morgan fingerprint density at radius 2 is 2.18 bits per heavy atom. The average molecular weight is 230 g/mol. The Labute approximate surface area is 100 Å². The van der Waals surface area contributed by atoms with E-state index in [9.17, 15) is 9.90 Å². The molecule has 1 aliphatic rings. The first kappa shape index (κ1) is 11.5. The molecule has 2 rings (SSSR count). The summed E-state index contributed by atoms with van der Waals surface area (Å²) in [7, 11) is 1.50. The first-order chi connectivity index (χ1) is 8.11. The van der Waals surface area contributed by atoms with Gasteiger partial charge in [0, 0.05) is 5.57 Å². The Morgan fingerprint density at radius 3 is 2.71 bits per heavy atom. The van der Waals surface area contributed by atoms with Crippen LogP contribution in [0.3, 0.4) is 0 Å². The lowest BCUT2D eigenvalue weighted by molar-refractivity contribution is -0.111. The van der Waals surface area contributed by atoms with Crippen molar-refractivity contribution in [3.8, 4) is 11.5 Å². The Balaban J connectivity index is 2.30. The summed E-state index contributed by atoms with van der Waals surface area (Å²) in [5.41, 5.74) is 2.20. The number of ketones is 1. The molecule has 1 aliphatic carbocycles. The fraction of sp³-hybridized carbons (Fsp3) is 0.214. The van der Waals surface area contributed by atoms with Gasteiger partial charge in [0.15, 0.2) is 17.3 Å². The third kappa shape index (κ3) is 2.23. The number of ether oxygens (including phenoxy) is 1. The maximum Gasteiger partial charge on any atom is 0.184 e. The molecule has 0 aliphatic heterocycles. The number of carbonyl (C=O) groups is 1. The molecule has 1 aromatic carbocycles. The lowest BCUT2D eigenvalue weighted by Crippen LogP contribution is -1.93. The molecule has 0 atom stereocenters. The van der Waals surface area contributed by atoms with Crippen molar-refractivity contribution in [2.45, 2.75) is 12.8 Å². The topological polar surface area (TPSA) is 46.5 Å². The molecule has 88 valence electrons. The van der Waals surface area contributed by atoms with Crippen LogP contribution >= 0.6 is 0 Å².